The highest BCUT2D eigenvalue weighted by molar-refractivity contribution is 5.94. The second kappa shape index (κ2) is 13.7. The minimum absolute atomic E-state index is 0.0780. The third-order valence-corrected chi connectivity index (χ3v) is 5.90. The van der Waals surface area contributed by atoms with Crippen molar-refractivity contribution in [3.05, 3.63) is 90.0 Å². The van der Waals surface area contributed by atoms with Gasteiger partial charge in [0.15, 0.2) is 0 Å². The van der Waals surface area contributed by atoms with Gasteiger partial charge in [-0.1, -0.05) is 60.7 Å². The van der Waals surface area contributed by atoms with Crippen LogP contribution in [-0.4, -0.2) is 62.9 Å². The molecule has 4 atom stereocenters. The number of nitrogens with two attached hydrogens (primary N) is 1. The van der Waals surface area contributed by atoms with Gasteiger partial charge in [-0.05, 0) is 18.1 Å². The van der Waals surface area contributed by atoms with Crippen LogP contribution in [0, 0.1) is 0 Å². The van der Waals surface area contributed by atoms with Crippen molar-refractivity contribution in [2.75, 3.05) is 0 Å². The van der Waals surface area contributed by atoms with Gasteiger partial charge in [0, 0.05) is 31.2 Å². The Labute approximate surface area is 220 Å². The second-order valence-corrected chi connectivity index (χ2v) is 8.96. The van der Waals surface area contributed by atoms with Crippen LogP contribution in [0.3, 0.4) is 0 Å². The third kappa shape index (κ3) is 8.56. The summed E-state index contributed by atoms with van der Waals surface area (Å²) < 4.78 is 0. The number of imidazole rings is 1. The molecule has 0 aliphatic rings. The van der Waals surface area contributed by atoms with Gasteiger partial charge < -0.3 is 31.8 Å². The molecule has 4 unspecified atom stereocenters. The molecule has 7 N–H and O–H groups in total. The highest BCUT2D eigenvalue weighted by Gasteiger charge is 2.29. The molecule has 0 spiro atoms. The zero-order valence-corrected chi connectivity index (χ0v) is 21.0. The minimum atomic E-state index is -1.20. The number of aromatic nitrogens is 2. The molecular formula is C27H32N6O5. The van der Waals surface area contributed by atoms with Crippen LogP contribution in [-0.2, 0) is 38.4 Å². The lowest BCUT2D eigenvalue weighted by molar-refractivity contribution is -0.142. The second-order valence-electron chi connectivity index (χ2n) is 8.96. The standard InChI is InChI=1S/C27H32N6O5/c1-17(31-25(35)21(28)14-20-15-29-16-30-20)24(34)32-22(12-18-8-4-2-5-9-18)26(36)33-23(27(37)38)13-19-10-6-3-7-11-19/h2-11,15-17,21-23H,12-14,28H2,1H3,(H,29,30)(H,31,35)(H,32,34)(H,33,36)(H,37,38). The number of hydrogen-bond acceptors (Lipinski definition) is 6. The third-order valence-electron chi connectivity index (χ3n) is 5.90. The van der Waals surface area contributed by atoms with Gasteiger partial charge in [0.25, 0.3) is 0 Å². The van der Waals surface area contributed by atoms with Crippen LogP contribution in [0.5, 0.6) is 0 Å². The Bertz CT molecular complexity index is 1200. The van der Waals surface area contributed by atoms with Crippen LogP contribution in [0.25, 0.3) is 0 Å². The average molecular weight is 521 g/mol. The van der Waals surface area contributed by atoms with Gasteiger partial charge >= 0.3 is 5.97 Å². The molecule has 0 fully saturated rings. The maximum atomic E-state index is 13.2. The molecule has 200 valence electrons. The number of H-pyrrole nitrogens is 1. The molecule has 0 bridgehead atoms. The molecule has 0 aliphatic heterocycles. The average Bonchev–Trinajstić information content (AvgIpc) is 3.42. The number of carbonyl (C=O) groups is 4. The molecular weight excluding hydrogens is 488 g/mol. The smallest absolute Gasteiger partial charge is 0.326 e. The van der Waals surface area contributed by atoms with Crippen LogP contribution in [0.2, 0.25) is 0 Å². The zero-order chi connectivity index (χ0) is 27.5. The van der Waals surface area contributed by atoms with Crippen LogP contribution >= 0.6 is 0 Å². The van der Waals surface area contributed by atoms with E-state index < -0.39 is 47.9 Å². The summed E-state index contributed by atoms with van der Waals surface area (Å²) in [6.45, 7) is 1.48. The number of aromatic amines is 1. The Morgan fingerprint density at radius 1 is 0.816 bits per heavy atom. The fraction of sp³-hybridized carbons (Fsp3) is 0.296. The normalized spacial score (nSPS) is 13.9. The summed E-state index contributed by atoms with van der Waals surface area (Å²) in [7, 11) is 0. The van der Waals surface area contributed by atoms with E-state index in [-0.39, 0.29) is 19.3 Å². The van der Waals surface area contributed by atoms with Crippen LogP contribution < -0.4 is 21.7 Å². The molecule has 0 aliphatic carbocycles. The number of nitrogens with zero attached hydrogens (tertiary/aromatic N) is 1. The molecule has 38 heavy (non-hydrogen) atoms. The van der Waals surface area contributed by atoms with E-state index in [2.05, 4.69) is 25.9 Å². The summed E-state index contributed by atoms with van der Waals surface area (Å²) in [4.78, 5) is 57.3. The van der Waals surface area contributed by atoms with Gasteiger partial charge in [-0.3, -0.25) is 14.4 Å². The number of carbonyl (C=O) groups excluding carboxylic acids is 3. The monoisotopic (exact) mass is 520 g/mol. The van der Waals surface area contributed by atoms with E-state index in [1.54, 1.807) is 54.7 Å². The number of carboxylic acid groups (broad SMARTS) is 1. The minimum Gasteiger partial charge on any atom is -0.480 e. The topological polar surface area (TPSA) is 179 Å². The number of hydrogen-bond donors (Lipinski definition) is 6. The van der Waals surface area contributed by atoms with E-state index in [9.17, 15) is 24.3 Å². The number of benzene rings is 2. The van der Waals surface area contributed by atoms with Gasteiger partial charge in [-0.25, -0.2) is 9.78 Å². The number of carboxylic acids is 1. The highest BCUT2D eigenvalue weighted by atomic mass is 16.4. The lowest BCUT2D eigenvalue weighted by Gasteiger charge is -2.24. The van der Waals surface area contributed by atoms with Gasteiger partial charge in [0.05, 0.1) is 12.4 Å². The molecule has 3 rings (SSSR count). The molecule has 0 saturated heterocycles. The predicted molar refractivity (Wildman–Crippen MR) is 140 cm³/mol. The Balaban J connectivity index is 1.67. The molecule has 11 nitrogen and oxygen atoms in total. The maximum Gasteiger partial charge on any atom is 0.326 e. The Morgan fingerprint density at radius 3 is 1.89 bits per heavy atom. The molecule has 1 aromatic heterocycles. The molecule has 0 saturated carbocycles. The first-order valence-electron chi connectivity index (χ1n) is 12.2. The van der Waals surface area contributed by atoms with Gasteiger partial charge in [0.2, 0.25) is 17.7 Å². The van der Waals surface area contributed by atoms with Crippen molar-refractivity contribution in [3.63, 3.8) is 0 Å². The van der Waals surface area contributed by atoms with Crippen molar-refractivity contribution in [1.82, 2.24) is 25.9 Å². The van der Waals surface area contributed by atoms with Crippen LogP contribution in [0.15, 0.2) is 73.2 Å². The maximum absolute atomic E-state index is 13.2. The van der Waals surface area contributed by atoms with Gasteiger partial charge in [-0.2, -0.15) is 0 Å². The van der Waals surface area contributed by atoms with Gasteiger partial charge in [-0.15, -0.1) is 0 Å². The SMILES string of the molecule is CC(NC(=O)C(N)Cc1cnc[nH]1)C(=O)NC(Cc1ccccc1)C(=O)NC(Cc1ccccc1)C(=O)O. The molecule has 11 heteroatoms. The number of rotatable bonds is 13. The van der Waals surface area contributed by atoms with Crippen molar-refractivity contribution in [2.24, 2.45) is 5.73 Å². The first-order valence-corrected chi connectivity index (χ1v) is 12.2. The predicted octanol–water partition coefficient (Wildman–Crippen LogP) is 0.324. The highest BCUT2D eigenvalue weighted by Crippen LogP contribution is 2.07. The van der Waals surface area contributed by atoms with E-state index in [1.807, 2.05) is 12.1 Å². The number of amides is 3. The number of aliphatic carboxylic acids is 1. The molecule has 3 aromatic rings. The quantitative estimate of drug-likeness (QED) is 0.188. The van der Waals surface area contributed by atoms with E-state index in [4.69, 9.17) is 5.73 Å². The summed E-state index contributed by atoms with van der Waals surface area (Å²) >= 11 is 0. The zero-order valence-electron chi connectivity index (χ0n) is 21.0. The lowest BCUT2D eigenvalue weighted by Crippen LogP contribution is -2.57. The molecule has 3 amide bonds. The summed E-state index contributed by atoms with van der Waals surface area (Å²) in [5.74, 6) is -3.00. The first-order chi connectivity index (χ1) is 18.2. The fourth-order valence-electron chi connectivity index (χ4n) is 3.79. The van der Waals surface area contributed by atoms with Crippen molar-refractivity contribution < 1.29 is 24.3 Å². The van der Waals surface area contributed by atoms with Crippen molar-refractivity contribution >= 4 is 23.7 Å². The van der Waals surface area contributed by atoms with Crippen LogP contribution in [0.4, 0.5) is 0 Å². The van der Waals surface area contributed by atoms with Gasteiger partial charge in [0.1, 0.15) is 18.1 Å². The Hall–Kier alpha value is -4.51. The van der Waals surface area contributed by atoms with Crippen LogP contribution in [0.1, 0.15) is 23.7 Å². The van der Waals surface area contributed by atoms with E-state index in [0.717, 1.165) is 11.1 Å². The van der Waals surface area contributed by atoms with E-state index >= 15 is 0 Å². The fourth-order valence-corrected chi connectivity index (χ4v) is 3.79. The van der Waals surface area contributed by atoms with E-state index in [1.165, 1.54) is 13.3 Å². The molecule has 2 aromatic carbocycles. The lowest BCUT2D eigenvalue weighted by atomic mass is 10.0. The summed E-state index contributed by atoms with van der Waals surface area (Å²) in [5.41, 5.74) is 8.12. The first kappa shape index (κ1) is 28.1. The summed E-state index contributed by atoms with van der Waals surface area (Å²) in [5, 5.41) is 17.4. The molecule has 0 radical (unpaired) electrons. The van der Waals surface area contributed by atoms with Crippen molar-refractivity contribution in [3.8, 4) is 0 Å². The van der Waals surface area contributed by atoms with Crippen molar-refractivity contribution in [2.45, 2.75) is 50.4 Å². The number of nitrogens with one attached hydrogen (secondary N) is 4. The summed E-state index contributed by atoms with van der Waals surface area (Å²) in [6, 6.07) is 13.7. The summed E-state index contributed by atoms with van der Waals surface area (Å²) in [6.07, 6.45) is 3.43. The van der Waals surface area contributed by atoms with E-state index in [0.29, 0.717) is 5.69 Å². The van der Waals surface area contributed by atoms with Crippen molar-refractivity contribution in [1.29, 1.82) is 0 Å². The Morgan fingerprint density at radius 2 is 1.37 bits per heavy atom. The Kier molecular flexibility index (Phi) is 10.1. The molecule has 1 heterocycles. The largest absolute Gasteiger partial charge is 0.480 e.